The van der Waals surface area contributed by atoms with Crippen molar-refractivity contribution in [3.05, 3.63) is 47.8 Å². The summed E-state index contributed by atoms with van der Waals surface area (Å²) >= 11 is 0. The maximum atomic E-state index is 12.6. The van der Waals surface area contributed by atoms with E-state index in [4.69, 9.17) is 0 Å². The van der Waals surface area contributed by atoms with Gasteiger partial charge in [0.25, 0.3) is 21.7 Å². The van der Waals surface area contributed by atoms with Crippen LogP contribution in [-0.2, 0) is 16.9 Å². The molecule has 168 valence electrons. The number of carbonyl (C=O) groups is 2. The van der Waals surface area contributed by atoms with Crippen molar-refractivity contribution in [3.63, 3.8) is 0 Å². The van der Waals surface area contributed by atoms with Gasteiger partial charge in [0, 0.05) is 38.4 Å². The molecule has 1 N–H and O–H groups in total. The molecule has 0 atom stereocenters. The van der Waals surface area contributed by atoms with Crippen LogP contribution in [0.1, 0.15) is 33.6 Å². The van der Waals surface area contributed by atoms with Crippen LogP contribution in [0.4, 0.5) is 13.2 Å². The number of aryl methyl sites for hydroxylation is 1. The highest BCUT2D eigenvalue weighted by Gasteiger charge is 2.46. The largest absolute Gasteiger partial charge is 0.501 e. The maximum absolute atomic E-state index is 12.6. The molecule has 0 radical (unpaired) electrons. The third-order valence-electron chi connectivity index (χ3n) is 5.14. The summed E-state index contributed by atoms with van der Waals surface area (Å²) in [5.41, 5.74) is -4.82. The van der Waals surface area contributed by atoms with Crippen molar-refractivity contribution in [2.45, 2.75) is 23.2 Å². The highest BCUT2D eigenvalue weighted by molar-refractivity contribution is 7.92. The third-order valence-corrected chi connectivity index (χ3v) is 6.64. The molecular formula is C19H21F3N4O4S. The summed E-state index contributed by atoms with van der Waals surface area (Å²) in [6, 6.07) is 3.75. The number of nitrogens with zero attached hydrogens (tertiary/aromatic N) is 3. The highest BCUT2D eigenvalue weighted by atomic mass is 32.2. The lowest BCUT2D eigenvalue weighted by Gasteiger charge is -2.32. The van der Waals surface area contributed by atoms with Crippen molar-refractivity contribution in [3.8, 4) is 0 Å². The van der Waals surface area contributed by atoms with Crippen molar-refractivity contribution < 1.29 is 31.2 Å². The number of sulfone groups is 1. The molecule has 8 nitrogen and oxygen atoms in total. The first-order valence-corrected chi connectivity index (χ1v) is 10.9. The molecular weight excluding hydrogens is 437 g/mol. The molecule has 0 unspecified atom stereocenters. The molecule has 1 aromatic heterocycles. The Morgan fingerprint density at radius 3 is 2.26 bits per heavy atom. The van der Waals surface area contributed by atoms with Gasteiger partial charge in [-0.15, -0.1) is 0 Å². The van der Waals surface area contributed by atoms with E-state index in [-0.39, 0.29) is 23.3 Å². The zero-order valence-electron chi connectivity index (χ0n) is 16.6. The molecule has 0 bridgehead atoms. The molecule has 0 saturated carbocycles. The fourth-order valence-electron chi connectivity index (χ4n) is 3.31. The molecule has 2 aromatic rings. The van der Waals surface area contributed by atoms with Gasteiger partial charge < -0.3 is 10.2 Å². The van der Waals surface area contributed by atoms with Gasteiger partial charge in [0.15, 0.2) is 0 Å². The SMILES string of the molecule is Cn1cc(C(=O)NCC2CCN(C(=O)c3ccc(S(=O)(=O)C(F)(F)F)cc3)CC2)cn1. The minimum atomic E-state index is -5.45. The van der Waals surface area contributed by atoms with Gasteiger partial charge in [-0.3, -0.25) is 14.3 Å². The molecule has 2 heterocycles. The smallest absolute Gasteiger partial charge is 0.352 e. The topological polar surface area (TPSA) is 101 Å². The molecule has 0 aliphatic carbocycles. The second-order valence-electron chi connectivity index (χ2n) is 7.32. The van der Waals surface area contributed by atoms with Crippen molar-refractivity contribution in [2.24, 2.45) is 13.0 Å². The number of hydrogen-bond donors (Lipinski definition) is 1. The Hall–Kier alpha value is -2.89. The standard InChI is InChI=1S/C19H21F3N4O4S/c1-25-12-15(11-24-25)17(27)23-10-13-6-8-26(9-7-13)18(28)14-2-4-16(5-3-14)31(29,30)19(20,21)22/h2-5,11-13H,6-10H2,1H3,(H,23,27). The van der Waals surface area contributed by atoms with E-state index >= 15 is 0 Å². The van der Waals surface area contributed by atoms with Crippen LogP contribution in [0.15, 0.2) is 41.6 Å². The summed E-state index contributed by atoms with van der Waals surface area (Å²) in [7, 11) is -3.73. The van der Waals surface area contributed by atoms with Crippen LogP contribution in [0, 0.1) is 5.92 Å². The number of nitrogens with one attached hydrogen (secondary N) is 1. The number of rotatable bonds is 5. The first kappa shape index (κ1) is 22.8. The van der Waals surface area contributed by atoms with Gasteiger partial charge in [-0.2, -0.15) is 18.3 Å². The van der Waals surface area contributed by atoms with Crippen molar-refractivity contribution in [1.82, 2.24) is 20.0 Å². The van der Waals surface area contributed by atoms with E-state index in [9.17, 15) is 31.2 Å². The van der Waals surface area contributed by atoms with E-state index in [0.717, 1.165) is 24.3 Å². The van der Waals surface area contributed by atoms with Crippen LogP contribution in [-0.4, -0.2) is 60.1 Å². The van der Waals surface area contributed by atoms with E-state index in [1.807, 2.05) is 0 Å². The van der Waals surface area contributed by atoms with E-state index in [2.05, 4.69) is 10.4 Å². The summed E-state index contributed by atoms with van der Waals surface area (Å²) in [4.78, 5) is 25.3. The van der Waals surface area contributed by atoms with Crippen molar-refractivity contribution in [2.75, 3.05) is 19.6 Å². The minimum absolute atomic E-state index is 0.115. The van der Waals surface area contributed by atoms with Crippen molar-refractivity contribution >= 4 is 21.7 Å². The summed E-state index contributed by atoms with van der Waals surface area (Å²) in [6.07, 6.45) is 4.39. The van der Waals surface area contributed by atoms with Gasteiger partial charge in [-0.1, -0.05) is 0 Å². The lowest BCUT2D eigenvalue weighted by molar-refractivity contribution is -0.0436. The third kappa shape index (κ3) is 5.06. The Morgan fingerprint density at radius 2 is 1.74 bits per heavy atom. The van der Waals surface area contributed by atoms with Crippen LogP contribution < -0.4 is 5.32 Å². The number of amides is 2. The van der Waals surface area contributed by atoms with Gasteiger partial charge in [0.2, 0.25) is 0 Å². The Balaban J connectivity index is 1.52. The highest BCUT2D eigenvalue weighted by Crippen LogP contribution is 2.30. The molecule has 1 aromatic carbocycles. The lowest BCUT2D eigenvalue weighted by atomic mass is 9.96. The number of likely N-dealkylation sites (tertiary alicyclic amines) is 1. The Morgan fingerprint density at radius 1 is 1.13 bits per heavy atom. The quantitative estimate of drug-likeness (QED) is 0.739. The molecule has 1 aliphatic heterocycles. The molecule has 31 heavy (non-hydrogen) atoms. The molecule has 2 amide bonds. The molecule has 3 rings (SSSR count). The van der Waals surface area contributed by atoms with Gasteiger partial charge in [-0.25, -0.2) is 8.42 Å². The molecule has 12 heteroatoms. The maximum Gasteiger partial charge on any atom is 0.501 e. The number of aromatic nitrogens is 2. The number of hydrogen-bond acceptors (Lipinski definition) is 5. The second kappa shape index (κ2) is 8.69. The fraction of sp³-hybridized carbons (Fsp3) is 0.421. The van der Waals surface area contributed by atoms with Crippen LogP contribution in [0.2, 0.25) is 0 Å². The first-order valence-electron chi connectivity index (χ1n) is 9.46. The predicted octanol–water partition coefficient (Wildman–Crippen LogP) is 2.00. The second-order valence-corrected chi connectivity index (χ2v) is 9.26. The molecule has 1 aliphatic rings. The number of alkyl halides is 3. The van der Waals surface area contributed by atoms with Crippen LogP contribution in [0.5, 0.6) is 0 Å². The fourth-order valence-corrected chi connectivity index (χ4v) is 4.07. The normalized spacial score (nSPS) is 15.7. The zero-order chi connectivity index (χ0) is 22.8. The number of piperidine rings is 1. The minimum Gasteiger partial charge on any atom is -0.352 e. The van der Waals surface area contributed by atoms with Crippen LogP contribution in [0.25, 0.3) is 0 Å². The monoisotopic (exact) mass is 458 g/mol. The van der Waals surface area contributed by atoms with E-state index < -0.39 is 20.2 Å². The average Bonchev–Trinajstić information content (AvgIpc) is 3.17. The van der Waals surface area contributed by atoms with E-state index in [0.29, 0.717) is 38.0 Å². The number of halogens is 3. The van der Waals surface area contributed by atoms with Gasteiger partial charge >= 0.3 is 5.51 Å². The molecule has 1 fully saturated rings. The van der Waals surface area contributed by atoms with Crippen molar-refractivity contribution in [1.29, 1.82) is 0 Å². The molecule has 1 saturated heterocycles. The zero-order valence-corrected chi connectivity index (χ0v) is 17.4. The summed E-state index contributed by atoms with van der Waals surface area (Å²) in [5.74, 6) is -0.418. The number of benzene rings is 1. The van der Waals surface area contributed by atoms with Gasteiger partial charge in [0.1, 0.15) is 0 Å². The predicted molar refractivity (Wildman–Crippen MR) is 104 cm³/mol. The van der Waals surface area contributed by atoms with Gasteiger partial charge in [-0.05, 0) is 43.0 Å². The molecule has 0 spiro atoms. The lowest BCUT2D eigenvalue weighted by Crippen LogP contribution is -2.41. The summed E-state index contributed by atoms with van der Waals surface area (Å²) in [6.45, 7) is 1.31. The van der Waals surface area contributed by atoms with Crippen LogP contribution >= 0.6 is 0 Å². The van der Waals surface area contributed by atoms with Crippen LogP contribution in [0.3, 0.4) is 0 Å². The Labute approximate surface area is 176 Å². The summed E-state index contributed by atoms with van der Waals surface area (Å²) in [5, 5.41) is 6.79. The number of carbonyl (C=O) groups excluding carboxylic acids is 2. The average molecular weight is 458 g/mol. The Kier molecular flexibility index (Phi) is 6.39. The Bertz CT molecular complexity index is 1060. The van der Waals surface area contributed by atoms with E-state index in [1.165, 1.54) is 10.9 Å². The van der Waals surface area contributed by atoms with E-state index in [1.54, 1.807) is 18.1 Å². The van der Waals surface area contributed by atoms with Gasteiger partial charge in [0.05, 0.1) is 16.7 Å². The first-order chi connectivity index (χ1) is 14.5. The summed E-state index contributed by atoms with van der Waals surface area (Å²) < 4.78 is 62.2.